The SMILES string of the molecule is C=CC=C.C=CC=O.COCC(O)CCc1ccc(C(c2ccc(OCC(O)COC)cc2)(C(F)(F)F)C(F)(F)F)cc1. The van der Waals surface area contributed by atoms with Gasteiger partial charge in [-0.05, 0) is 47.7 Å². The number of hydrogen-bond acceptors (Lipinski definition) is 6. The molecule has 2 unspecified atom stereocenters. The maximum atomic E-state index is 14.3. The minimum atomic E-state index is -5.71. The minimum Gasteiger partial charge on any atom is -0.491 e. The van der Waals surface area contributed by atoms with Gasteiger partial charge >= 0.3 is 12.4 Å². The van der Waals surface area contributed by atoms with E-state index >= 15 is 0 Å². The van der Waals surface area contributed by atoms with Gasteiger partial charge in [-0.2, -0.15) is 26.3 Å². The maximum absolute atomic E-state index is 14.3. The van der Waals surface area contributed by atoms with E-state index in [-0.39, 0.29) is 38.4 Å². The van der Waals surface area contributed by atoms with Crippen molar-refractivity contribution in [2.75, 3.05) is 34.0 Å². The molecule has 0 aliphatic heterocycles. The van der Waals surface area contributed by atoms with Gasteiger partial charge in [0.25, 0.3) is 0 Å². The second kappa shape index (κ2) is 19.7. The van der Waals surface area contributed by atoms with Gasteiger partial charge in [0.05, 0.1) is 19.3 Å². The molecule has 0 spiro atoms. The number of carbonyl (C=O) groups excluding carboxylic acids is 1. The molecule has 0 aromatic heterocycles. The number of alkyl halides is 6. The van der Waals surface area contributed by atoms with Crippen LogP contribution in [0.3, 0.4) is 0 Å². The summed E-state index contributed by atoms with van der Waals surface area (Å²) in [6.45, 7) is 9.59. The highest BCUT2D eigenvalue weighted by atomic mass is 19.4. The van der Waals surface area contributed by atoms with Crippen LogP contribution >= 0.6 is 0 Å². The van der Waals surface area contributed by atoms with Crippen LogP contribution in [0, 0.1) is 0 Å². The summed E-state index contributed by atoms with van der Waals surface area (Å²) in [7, 11) is 2.75. The van der Waals surface area contributed by atoms with Crippen LogP contribution in [-0.2, 0) is 26.1 Å². The summed E-state index contributed by atoms with van der Waals surface area (Å²) in [6, 6.07) is 7.42. The molecule has 240 valence electrons. The Labute approximate surface area is 247 Å². The number of ether oxygens (including phenoxy) is 3. The highest BCUT2D eigenvalue weighted by molar-refractivity contribution is 5.63. The van der Waals surface area contributed by atoms with Crippen molar-refractivity contribution in [1.29, 1.82) is 0 Å². The first-order chi connectivity index (χ1) is 20.2. The van der Waals surface area contributed by atoms with E-state index in [0.717, 1.165) is 24.3 Å². The van der Waals surface area contributed by atoms with E-state index in [0.29, 0.717) is 24.0 Å². The maximum Gasteiger partial charge on any atom is 0.411 e. The van der Waals surface area contributed by atoms with E-state index in [1.54, 1.807) is 12.2 Å². The van der Waals surface area contributed by atoms with Crippen molar-refractivity contribution in [3.8, 4) is 5.75 Å². The number of carbonyl (C=O) groups is 1. The molecule has 0 saturated carbocycles. The molecule has 0 saturated heterocycles. The van der Waals surface area contributed by atoms with Crippen LogP contribution in [0.25, 0.3) is 0 Å². The van der Waals surface area contributed by atoms with Gasteiger partial charge in [-0.3, -0.25) is 4.79 Å². The number of allylic oxidation sites excluding steroid dienone is 3. The second-order valence-electron chi connectivity index (χ2n) is 8.88. The van der Waals surface area contributed by atoms with Crippen molar-refractivity contribution in [3.05, 3.63) is 103 Å². The molecule has 0 aliphatic rings. The second-order valence-corrected chi connectivity index (χ2v) is 8.88. The van der Waals surface area contributed by atoms with Crippen molar-refractivity contribution >= 4 is 6.29 Å². The van der Waals surface area contributed by atoms with Gasteiger partial charge in [0.1, 0.15) is 24.7 Å². The first-order valence-electron chi connectivity index (χ1n) is 12.8. The quantitative estimate of drug-likeness (QED) is 0.114. The minimum absolute atomic E-state index is 0.00730. The summed E-state index contributed by atoms with van der Waals surface area (Å²) in [4.78, 5) is 9.06. The summed E-state index contributed by atoms with van der Waals surface area (Å²) in [5.41, 5.74) is -5.81. The molecule has 0 radical (unpaired) electrons. The topological polar surface area (TPSA) is 85.2 Å². The van der Waals surface area contributed by atoms with Crippen LogP contribution in [0.15, 0.2) is 86.5 Å². The predicted molar refractivity (Wildman–Crippen MR) is 152 cm³/mol. The van der Waals surface area contributed by atoms with E-state index in [4.69, 9.17) is 19.0 Å². The van der Waals surface area contributed by atoms with Crippen LogP contribution in [-0.4, -0.2) is 75.1 Å². The Morgan fingerprint density at radius 3 is 1.51 bits per heavy atom. The first kappa shape index (κ1) is 39.6. The van der Waals surface area contributed by atoms with Crippen LogP contribution in [0.2, 0.25) is 0 Å². The van der Waals surface area contributed by atoms with Crippen molar-refractivity contribution in [3.63, 3.8) is 0 Å². The number of aldehydes is 1. The Hall–Kier alpha value is -3.45. The highest BCUT2D eigenvalue weighted by Crippen LogP contribution is 2.56. The molecular weight excluding hydrogens is 582 g/mol. The molecule has 0 bridgehead atoms. The zero-order valence-corrected chi connectivity index (χ0v) is 24.0. The largest absolute Gasteiger partial charge is 0.491 e. The summed E-state index contributed by atoms with van der Waals surface area (Å²) in [6.07, 6.45) is -7.65. The summed E-state index contributed by atoms with van der Waals surface area (Å²) in [5.74, 6) is -0.00730. The van der Waals surface area contributed by atoms with Crippen molar-refractivity contribution in [2.45, 2.75) is 42.8 Å². The molecule has 0 fully saturated rings. The average molecular weight is 621 g/mol. The summed E-state index contributed by atoms with van der Waals surface area (Å²) < 4.78 is 100. The Morgan fingerprint density at radius 2 is 1.14 bits per heavy atom. The van der Waals surface area contributed by atoms with Crippen LogP contribution in [0.4, 0.5) is 26.3 Å². The van der Waals surface area contributed by atoms with Crippen molar-refractivity contribution in [1.82, 2.24) is 0 Å². The predicted octanol–water partition coefficient (Wildman–Crippen LogP) is 6.15. The van der Waals surface area contributed by atoms with E-state index in [9.17, 15) is 36.6 Å². The number of aryl methyl sites for hydroxylation is 1. The fourth-order valence-electron chi connectivity index (χ4n) is 3.75. The normalized spacial score (nSPS) is 12.8. The molecular formula is C31H38F6O6. The molecule has 0 heterocycles. The lowest BCUT2D eigenvalue weighted by molar-refractivity contribution is -0.288. The molecule has 6 nitrogen and oxygen atoms in total. The molecule has 2 N–H and O–H groups in total. The van der Waals surface area contributed by atoms with E-state index in [1.165, 1.54) is 32.4 Å². The number of halogens is 6. The number of aliphatic hydroxyl groups excluding tert-OH is 2. The molecule has 2 rings (SSSR count). The third-order valence-electron chi connectivity index (χ3n) is 5.71. The molecule has 2 aromatic rings. The highest BCUT2D eigenvalue weighted by Gasteiger charge is 2.72. The number of hydrogen-bond donors (Lipinski definition) is 2. The summed E-state index contributed by atoms with van der Waals surface area (Å²) >= 11 is 0. The third kappa shape index (κ3) is 12.4. The third-order valence-corrected chi connectivity index (χ3v) is 5.71. The van der Waals surface area contributed by atoms with Crippen LogP contribution in [0.1, 0.15) is 23.1 Å². The van der Waals surface area contributed by atoms with E-state index in [2.05, 4.69) is 19.7 Å². The number of aliphatic hydroxyl groups is 2. The van der Waals surface area contributed by atoms with E-state index < -0.39 is 41.1 Å². The molecule has 0 amide bonds. The van der Waals surface area contributed by atoms with Crippen molar-refractivity contribution in [2.24, 2.45) is 0 Å². The van der Waals surface area contributed by atoms with Gasteiger partial charge in [-0.1, -0.05) is 68.3 Å². The Morgan fingerprint density at radius 1 is 0.721 bits per heavy atom. The lowest BCUT2D eigenvalue weighted by Crippen LogP contribution is -2.54. The smallest absolute Gasteiger partial charge is 0.411 e. The molecule has 2 aromatic carbocycles. The summed E-state index contributed by atoms with van der Waals surface area (Å²) in [5, 5.41) is 19.3. The van der Waals surface area contributed by atoms with Crippen LogP contribution in [0.5, 0.6) is 5.75 Å². The fourth-order valence-corrected chi connectivity index (χ4v) is 3.75. The molecule has 2 atom stereocenters. The van der Waals surface area contributed by atoms with Gasteiger partial charge < -0.3 is 24.4 Å². The Bertz CT molecular complexity index is 982. The molecule has 0 aliphatic carbocycles. The molecule has 12 heteroatoms. The zero-order chi connectivity index (χ0) is 33.1. The zero-order valence-electron chi connectivity index (χ0n) is 24.0. The number of benzene rings is 2. The first-order valence-corrected chi connectivity index (χ1v) is 12.8. The lowest BCUT2D eigenvalue weighted by atomic mass is 9.72. The van der Waals surface area contributed by atoms with Crippen LogP contribution < -0.4 is 4.74 Å². The van der Waals surface area contributed by atoms with Gasteiger partial charge in [0, 0.05) is 14.2 Å². The Kier molecular flexibility index (Phi) is 18.1. The fraction of sp³-hybridized carbons (Fsp3) is 0.387. The number of rotatable bonds is 14. The van der Waals surface area contributed by atoms with Crippen molar-refractivity contribution < 1.29 is 55.6 Å². The Balaban J connectivity index is 0.00000195. The monoisotopic (exact) mass is 620 g/mol. The standard InChI is InChI=1S/C24H28F6O5.C4H6.C3H4O/c1-33-13-19(31)10-5-16-3-6-17(7-4-16)22(23(25,26)27,24(28,29)30)18-8-11-21(12-9-18)35-15-20(32)14-34-2;1-3-4-2;1-2-3-4/h3-4,6-9,11-12,19-20,31-32H,5,10,13-15H2,1-2H3;3-4H,1-2H2;2-3H,1H2. The number of methoxy groups -OCH3 is 2. The van der Waals surface area contributed by atoms with Gasteiger partial charge in [-0.15, -0.1) is 0 Å². The van der Waals surface area contributed by atoms with Gasteiger partial charge in [0.15, 0.2) is 0 Å². The lowest BCUT2D eigenvalue weighted by Gasteiger charge is -2.38. The van der Waals surface area contributed by atoms with Gasteiger partial charge in [0.2, 0.25) is 5.41 Å². The molecule has 43 heavy (non-hydrogen) atoms. The van der Waals surface area contributed by atoms with E-state index in [1.807, 2.05) is 0 Å². The van der Waals surface area contributed by atoms with Gasteiger partial charge in [-0.25, -0.2) is 0 Å². The average Bonchev–Trinajstić information content (AvgIpc) is 2.95.